The number of hydrogen-bond acceptors (Lipinski definition) is 5. The van der Waals surface area contributed by atoms with Crippen LogP contribution in [0.25, 0.3) is 5.69 Å². The molecule has 0 unspecified atom stereocenters. The fraction of sp³-hybridized carbons (Fsp3) is 0.200. The number of pyridine rings is 1. The van der Waals surface area contributed by atoms with Gasteiger partial charge in [-0.3, -0.25) is 4.98 Å². The van der Waals surface area contributed by atoms with Gasteiger partial charge in [0.05, 0.1) is 7.06 Å². The van der Waals surface area contributed by atoms with Crippen molar-refractivity contribution in [1.82, 2.24) is 24.8 Å². The summed E-state index contributed by atoms with van der Waals surface area (Å²) >= 11 is 0. The number of hydrogen-bond donors (Lipinski definition) is 0. The van der Waals surface area contributed by atoms with Crippen LogP contribution in [-0.2, 0) is 13.7 Å². The van der Waals surface area contributed by atoms with Crippen molar-refractivity contribution < 1.29 is 6.11 Å². The number of aromatic nitrogens is 5. The monoisotopic (exact) mass is 299 g/mol. The molecule has 0 fully saturated rings. The summed E-state index contributed by atoms with van der Waals surface area (Å²) in [5.41, 5.74) is 1.62. The van der Waals surface area contributed by atoms with Crippen LogP contribution in [0, 0.1) is 6.92 Å². The first kappa shape index (κ1) is 12.8. The van der Waals surface area contributed by atoms with E-state index in [1.54, 1.807) is 36.5 Å². The number of nitrogens with zero attached hydrogens (tertiary/aromatic N) is 5. The van der Waals surface area contributed by atoms with Crippen molar-refractivity contribution in [2.24, 2.45) is 7.05 Å². The van der Waals surface area contributed by atoms with Crippen LogP contribution in [0.15, 0.2) is 47.4 Å². The molecule has 3 rings (SSSR count). The second-order valence-corrected chi connectivity index (χ2v) is 4.75. The Morgan fingerprint density at radius 1 is 1.27 bits per heavy atom. The third-order valence-electron chi connectivity index (χ3n) is 3.20. The molecule has 0 radical (unpaired) electrons. The van der Waals surface area contributed by atoms with E-state index in [-0.39, 0.29) is 12.3 Å². The van der Waals surface area contributed by atoms with Gasteiger partial charge in [-0.05, 0) is 41.1 Å². The van der Waals surface area contributed by atoms with Crippen molar-refractivity contribution in [1.29, 1.82) is 0 Å². The second kappa shape index (κ2) is 5.80. The van der Waals surface area contributed by atoms with Crippen LogP contribution in [0.4, 0.5) is 0 Å². The standard InChI is InChI=1S/C15H15N5O2/c1-11-6-3-4-8-14(11)22-10-12-13(7-5-9-16-12)20-15(21)19(2)17-18-20/h3-9H,10H2,1-2H3/i3T. The zero-order chi connectivity index (χ0) is 16.4. The van der Waals surface area contributed by atoms with Crippen LogP contribution in [0.2, 0.25) is 0 Å². The van der Waals surface area contributed by atoms with Crippen LogP contribution < -0.4 is 10.4 Å². The zero-order valence-electron chi connectivity index (χ0n) is 13.2. The summed E-state index contributed by atoms with van der Waals surface area (Å²) in [6.45, 7) is 2.05. The molecule has 0 aliphatic heterocycles. The van der Waals surface area contributed by atoms with Gasteiger partial charge < -0.3 is 4.74 Å². The highest BCUT2D eigenvalue weighted by atomic mass is 16.5. The molecule has 0 saturated carbocycles. The molecule has 0 saturated heterocycles. The van der Waals surface area contributed by atoms with Crippen molar-refractivity contribution in [3.05, 3.63) is 64.3 Å². The molecule has 3 aromatic rings. The Hall–Kier alpha value is -2.96. The molecule has 0 atom stereocenters. The molecular weight excluding hydrogens is 282 g/mol. The maximum atomic E-state index is 12.0. The molecule has 22 heavy (non-hydrogen) atoms. The number of benzene rings is 1. The Kier molecular flexibility index (Phi) is 3.37. The van der Waals surface area contributed by atoms with Gasteiger partial charge in [0.15, 0.2) is 0 Å². The Morgan fingerprint density at radius 3 is 2.86 bits per heavy atom. The SMILES string of the molecule is [3H]c1ccc(OCc2ncccc2-n2nnn(C)c2=O)c(C)c1. The molecule has 2 heterocycles. The van der Waals surface area contributed by atoms with E-state index in [1.165, 1.54) is 11.7 Å². The Labute approximate surface area is 128 Å². The summed E-state index contributed by atoms with van der Waals surface area (Å²) in [5, 5.41) is 7.53. The van der Waals surface area contributed by atoms with Crippen LogP contribution >= 0.6 is 0 Å². The van der Waals surface area contributed by atoms with Crippen LogP contribution in [0.5, 0.6) is 5.75 Å². The summed E-state index contributed by atoms with van der Waals surface area (Å²) in [6.07, 6.45) is 1.63. The minimum absolute atomic E-state index is 0.178. The first-order valence-electron chi connectivity index (χ1n) is 7.19. The molecular formula is C15H15N5O2. The zero-order valence-corrected chi connectivity index (χ0v) is 12.2. The highest BCUT2D eigenvalue weighted by Gasteiger charge is 2.12. The molecule has 0 N–H and O–H groups in total. The molecule has 0 aliphatic rings. The van der Waals surface area contributed by atoms with Gasteiger partial charge in [0.25, 0.3) is 0 Å². The van der Waals surface area contributed by atoms with E-state index < -0.39 is 0 Å². The summed E-state index contributed by atoms with van der Waals surface area (Å²) < 4.78 is 15.7. The average molecular weight is 299 g/mol. The van der Waals surface area contributed by atoms with E-state index in [1.807, 2.05) is 6.92 Å². The lowest BCUT2D eigenvalue weighted by molar-refractivity contribution is 0.298. The minimum Gasteiger partial charge on any atom is -0.487 e. The van der Waals surface area contributed by atoms with Crippen molar-refractivity contribution in [2.45, 2.75) is 13.5 Å². The smallest absolute Gasteiger partial charge is 0.368 e. The lowest BCUT2D eigenvalue weighted by Crippen LogP contribution is -2.23. The molecule has 0 spiro atoms. The van der Waals surface area contributed by atoms with Gasteiger partial charge in [-0.15, -0.1) is 0 Å². The lowest BCUT2D eigenvalue weighted by Gasteiger charge is -2.10. The van der Waals surface area contributed by atoms with Crippen molar-refractivity contribution in [2.75, 3.05) is 0 Å². The van der Waals surface area contributed by atoms with Gasteiger partial charge in [0.2, 0.25) is 0 Å². The fourth-order valence-corrected chi connectivity index (χ4v) is 2.01. The number of tetrazole rings is 1. The van der Waals surface area contributed by atoms with E-state index in [2.05, 4.69) is 15.4 Å². The van der Waals surface area contributed by atoms with Crippen LogP contribution in [-0.4, -0.2) is 24.8 Å². The van der Waals surface area contributed by atoms with E-state index in [0.717, 1.165) is 10.2 Å². The molecule has 0 amide bonds. The van der Waals surface area contributed by atoms with Crippen molar-refractivity contribution in [3.8, 4) is 11.4 Å². The first-order valence-corrected chi connectivity index (χ1v) is 6.69. The highest BCUT2D eigenvalue weighted by Crippen LogP contribution is 2.18. The molecule has 1 aromatic carbocycles. The molecule has 112 valence electrons. The topological polar surface area (TPSA) is 74.8 Å². The van der Waals surface area contributed by atoms with Gasteiger partial charge in [0.1, 0.15) is 18.1 Å². The van der Waals surface area contributed by atoms with E-state index in [4.69, 9.17) is 6.11 Å². The Balaban J connectivity index is 1.89. The number of ether oxygens (including phenoxy) is 1. The van der Waals surface area contributed by atoms with Gasteiger partial charge >= 0.3 is 5.69 Å². The minimum atomic E-state index is -0.353. The first-order chi connectivity index (χ1) is 11.1. The lowest BCUT2D eigenvalue weighted by atomic mass is 10.2. The molecule has 7 nitrogen and oxygen atoms in total. The van der Waals surface area contributed by atoms with E-state index in [9.17, 15) is 4.79 Å². The summed E-state index contributed by atoms with van der Waals surface area (Å²) in [5.74, 6) is 0.670. The Bertz CT molecular complexity index is 903. The fourth-order valence-electron chi connectivity index (χ4n) is 2.01. The summed E-state index contributed by atoms with van der Waals surface area (Å²) in [6, 6.07) is 9.02. The third-order valence-corrected chi connectivity index (χ3v) is 3.20. The molecule has 0 bridgehead atoms. The second-order valence-electron chi connectivity index (χ2n) is 4.75. The molecule has 0 aliphatic carbocycles. The Morgan fingerprint density at radius 2 is 2.14 bits per heavy atom. The predicted molar refractivity (Wildman–Crippen MR) is 79.9 cm³/mol. The predicted octanol–water partition coefficient (Wildman–Crippen LogP) is 1.25. The largest absolute Gasteiger partial charge is 0.487 e. The maximum Gasteiger partial charge on any atom is 0.368 e. The quantitative estimate of drug-likeness (QED) is 0.725. The normalized spacial score (nSPS) is 11.3. The van der Waals surface area contributed by atoms with Crippen molar-refractivity contribution >= 4 is 0 Å². The van der Waals surface area contributed by atoms with E-state index >= 15 is 0 Å². The van der Waals surface area contributed by atoms with Gasteiger partial charge in [-0.1, -0.05) is 18.2 Å². The third kappa shape index (κ3) is 2.60. The summed E-state index contributed by atoms with van der Waals surface area (Å²) in [4.78, 5) is 16.3. The summed E-state index contributed by atoms with van der Waals surface area (Å²) in [7, 11) is 1.53. The number of aryl methyl sites for hydroxylation is 2. The number of rotatable bonds is 4. The van der Waals surface area contributed by atoms with Crippen molar-refractivity contribution in [3.63, 3.8) is 0 Å². The van der Waals surface area contributed by atoms with Gasteiger partial charge in [0, 0.05) is 13.2 Å². The van der Waals surface area contributed by atoms with Gasteiger partial charge in [-0.2, -0.15) is 9.36 Å². The van der Waals surface area contributed by atoms with Gasteiger partial charge in [-0.25, -0.2) is 4.79 Å². The van der Waals surface area contributed by atoms with Crippen LogP contribution in [0.3, 0.4) is 0 Å². The number of para-hydroxylation sites is 1. The molecule has 7 heteroatoms. The van der Waals surface area contributed by atoms with Crippen LogP contribution in [0.1, 0.15) is 12.6 Å². The maximum absolute atomic E-state index is 12.0. The average Bonchev–Trinajstić information content (AvgIpc) is 2.86. The molecule has 2 aromatic heterocycles. The van der Waals surface area contributed by atoms with E-state index in [0.29, 0.717) is 23.2 Å². The highest BCUT2D eigenvalue weighted by molar-refractivity contribution is 5.36.